The van der Waals surface area contributed by atoms with Crippen molar-refractivity contribution < 1.29 is 4.57 Å². The van der Waals surface area contributed by atoms with Crippen LogP contribution < -0.4 is 10.1 Å². The predicted octanol–water partition coefficient (Wildman–Crippen LogP) is 11.2. The lowest BCUT2D eigenvalue weighted by molar-refractivity contribution is -0.555. The standard InChI is InChI=1S/C50H31N4O/c55-50-40-21-8-7-18-36(40)39-22-13-25-47-48(39)54(50)49(32-26-28-45-41(30-32)37-19-9-11-23-43(37)51(45)33-14-3-1-4-15-33)53(47)35-27-29-46-42(31-35)38-20-10-12-24-44(38)52(46)34-16-5-2-6-17-34/h1-31H/q+1. The van der Waals surface area contributed by atoms with E-state index in [0.717, 1.165) is 88.5 Å². The number of pyridine rings is 1. The molecule has 8 aromatic carbocycles. The van der Waals surface area contributed by atoms with E-state index >= 15 is 0 Å². The molecule has 0 radical (unpaired) electrons. The van der Waals surface area contributed by atoms with Crippen LogP contribution >= 0.6 is 0 Å². The van der Waals surface area contributed by atoms with Gasteiger partial charge in [-0.15, -0.1) is 0 Å². The Morgan fingerprint density at radius 1 is 0.382 bits per heavy atom. The lowest BCUT2D eigenvalue weighted by atomic mass is 10.1. The lowest BCUT2D eigenvalue weighted by Crippen LogP contribution is -2.33. The maximum absolute atomic E-state index is 14.9. The smallest absolute Gasteiger partial charge is 0.309 e. The monoisotopic (exact) mass is 703 g/mol. The number of nitrogens with zero attached hydrogens (tertiary/aromatic N) is 4. The molecule has 5 nitrogen and oxygen atoms in total. The van der Waals surface area contributed by atoms with Crippen LogP contribution in [-0.2, 0) is 0 Å². The van der Waals surface area contributed by atoms with Crippen molar-refractivity contribution in [2.75, 3.05) is 0 Å². The van der Waals surface area contributed by atoms with Crippen molar-refractivity contribution in [1.29, 1.82) is 0 Å². The highest BCUT2D eigenvalue weighted by Gasteiger charge is 2.32. The van der Waals surface area contributed by atoms with Gasteiger partial charge in [-0.05, 0) is 91.0 Å². The van der Waals surface area contributed by atoms with Crippen LogP contribution in [0.2, 0.25) is 0 Å². The van der Waals surface area contributed by atoms with E-state index in [1.165, 1.54) is 5.39 Å². The van der Waals surface area contributed by atoms with E-state index in [1.54, 1.807) is 0 Å². The van der Waals surface area contributed by atoms with Gasteiger partial charge in [0.15, 0.2) is 11.0 Å². The molecule has 256 valence electrons. The topological polar surface area (TPSA) is 35.2 Å². The molecular weight excluding hydrogens is 673 g/mol. The molecule has 0 atom stereocenters. The summed E-state index contributed by atoms with van der Waals surface area (Å²) in [6.07, 6.45) is 0. The summed E-state index contributed by atoms with van der Waals surface area (Å²) in [6, 6.07) is 66.1. The Hall–Kier alpha value is -7.50. The Balaban J connectivity index is 1.22. The number of imidazole rings is 1. The van der Waals surface area contributed by atoms with Crippen LogP contribution in [0.4, 0.5) is 0 Å². The van der Waals surface area contributed by atoms with Gasteiger partial charge in [-0.2, -0.15) is 8.97 Å². The van der Waals surface area contributed by atoms with Crippen molar-refractivity contribution in [1.82, 2.24) is 13.5 Å². The maximum Gasteiger partial charge on any atom is 0.347 e. The molecule has 0 amide bonds. The summed E-state index contributed by atoms with van der Waals surface area (Å²) in [6.45, 7) is 0. The summed E-state index contributed by atoms with van der Waals surface area (Å²) in [5.41, 5.74) is 10.6. The fourth-order valence-corrected chi connectivity index (χ4v) is 9.15. The average Bonchev–Trinajstić information content (AvgIpc) is 3.89. The van der Waals surface area contributed by atoms with Crippen molar-refractivity contribution in [3.63, 3.8) is 0 Å². The van der Waals surface area contributed by atoms with Crippen LogP contribution in [0.5, 0.6) is 0 Å². The van der Waals surface area contributed by atoms with Gasteiger partial charge in [-0.3, -0.25) is 0 Å². The third-order valence-corrected chi connectivity index (χ3v) is 11.4. The number of para-hydroxylation sites is 5. The fourth-order valence-electron chi connectivity index (χ4n) is 9.15. The molecule has 0 saturated carbocycles. The van der Waals surface area contributed by atoms with E-state index < -0.39 is 0 Å². The van der Waals surface area contributed by atoms with Gasteiger partial charge in [0, 0.05) is 43.7 Å². The second-order valence-corrected chi connectivity index (χ2v) is 14.3. The molecule has 0 saturated heterocycles. The van der Waals surface area contributed by atoms with Crippen molar-refractivity contribution in [2.24, 2.45) is 0 Å². The molecule has 4 aromatic heterocycles. The molecule has 0 aliphatic carbocycles. The van der Waals surface area contributed by atoms with E-state index in [0.29, 0.717) is 5.39 Å². The van der Waals surface area contributed by atoms with Gasteiger partial charge in [0.05, 0.1) is 33.0 Å². The highest BCUT2D eigenvalue weighted by atomic mass is 16.1. The molecule has 0 spiro atoms. The highest BCUT2D eigenvalue weighted by Crippen LogP contribution is 2.38. The Bertz CT molecular complexity index is 3560. The molecule has 0 aliphatic heterocycles. The van der Waals surface area contributed by atoms with Crippen LogP contribution in [0.3, 0.4) is 0 Å². The molecule has 0 bridgehead atoms. The number of hydrogen-bond donors (Lipinski definition) is 0. The molecule has 0 fully saturated rings. The minimum atomic E-state index is -0.0263. The van der Waals surface area contributed by atoms with Crippen LogP contribution in [0.15, 0.2) is 193 Å². The third-order valence-electron chi connectivity index (χ3n) is 11.4. The summed E-state index contributed by atoms with van der Waals surface area (Å²) >= 11 is 0. The molecule has 0 unspecified atom stereocenters. The largest absolute Gasteiger partial charge is 0.347 e. The van der Waals surface area contributed by atoms with Gasteiger partial charge in [0.2, 0.25) is 0 Å². The normalized spacial score (nSPS) is 12.1. The van der Waals surface area contributed by atoms with Crippen LogP contribution in [0.25, 0.3) is 99.3 Å². The van der Waals surface area contributed by atoms with Gasteiger partial charge in [-0.1, -0.05) is 97.1 Å². The Labute approximate surface area is 314 Å². The first-order valence-electron chi connectivity index (χ1n) is 18.7. The Morgan fingerprint density at radius 2 is 0.891 bits per heavy atom. The quantitative estimate of drug-likeness (QED) is 0.133. The van der Waals surface area contributed by atoms with Crippen LogP contribution in [0, 0.1) is 0 Å². The number of benzene rings is 8. The first-order chi connectivity index (χ1) is 27.2. The zero-order valence-electron chi connectivity index (χ0n) is 29.6. The van der Waals surface area contributed by atoms with Gasteiger partial charge in [-0.25, -0.2) is 4.79 Å². The van der Waals surface area contributed by atoms with E-state index in [9.17, 15) is 4.79 Å². The number of aromatic nitrogens is 4. The van der Waals surface area contributed by atoms with E-state index in [-0.39, 0.29) is 5.56 Å². The first kappa shape index (κ1) is 30.0. The predicted molar refractivity (Wildman–Crippen MR) is 226 cm³/mol. The average molecular weight is 704 g/mol. The summed E-state index contributed by atoms with van der Waals surface area (Å²) in [4.78, 5) is 14.9. The second kappa shape index (κ2) is 11.3. The van der Waals surface area contributed by atoms with Gasteiger partial charge in [0.1, 0.15) is 5.69 Å². The van der Waals surface area contributed by atoms with Gasteiger partial charge < -0.3 is 9.13 Å². The number of rotatable bonds is 4. The minimum Gasteiger partial charge on any atom is -0.309 e. The first-order valence-corrected chi connectivity index (χ1v) is 18.7. The van der Waals surface area contributed by atoms with E-state index in [4.69, 9.17) is 0 Å². The van der Waals surface area contributed by atoms with Crippen molar-refractivity contribution in [3.8, 4) is 28.5 Å². The minimum absolute atomic E-state index is 0.0263. The summed E-state index contributed by atoms with van der Waals surface area (Å²) in [7, 11) is 0. The van der Waals surface area contributed by atoms with Crippen molar-refractivity contribution in [2.45, 2.75) is 0 Å². The molecule has 0 N–H and O–H groups in total. The van der Waals surface area contributed by atoms with Crippen LogP contribution in [0.1, 0.15) is 0 Å². The zero-order valence-corrected chi connectivity index (χ0v) is 29.6. The fraction of sp³-hybridized carbons (Fsp3) is 0. The summed E-state index contributed by atoms with van der Waals surface area (Å²) in [5, 5.41) is 7.34. The number of hydrogen-bond acceptors (Lipinski definition) is 1. The summed E-state index contributed by atoms with van der Waals surface area (Å²) in [5.74, 6) is 0.826. The second-order valence-electron chi connectivity index (χ2n) is 14.3. The van der Waals surface area contributed by atoms with E-state index in [2.05, 4.69) is 184 Å². The number of fused-ring (bicyclic) bond motifs is 8. The molecule has 12 rings (SSSR count). The van der Waals surface area contributed by atoms with Gasteiger partial charge >= 0.3 is 11.4 Å². The van der Waals surface area contributed by atoms with Crippen LogP contribution in [-0.4, -0.2) is 13.5 Å². The SMILES string of the molecule is O=c1c2ccccc2c2cccc3c2n1c(-c1ccc2c(c1)c1ccccc1n2-c1ccccc1)[n+]3-c1ccc2c(c1)c1ccccc1n2-c1ccccc1. The van der Waals surface area contributed by atoms with Crippen molar-refractivity contribution in [3.05, 3.63) is 198 Å². The Morgan fingerprint density at radius 3 is 1.55 bits per heavy atom. The Kier molecular flexibility index (Phi) is 6.14. The molecular formula is C50H31N4O+. The summed E-state index contributed by atoms with van der Waals surface area (Å²) < 4.78 is 8.93. The van der Waals surface area contributed by atoms with Gasteiger partial charge in [0.25, 0.3) is 0 Å². The molecule has 55 heavy (non-hydrogen) atoms. The molecule has 4 heterocycles. The zero-order chi connectivity index (χ0) is 36.2. The maximum atomic E-state index is 14.9. The molecule has 5 heteroatoms. The molecule has 0 aliphatic rings. The van der Waals surface area contributed by atoms with E-state index in [1.807, 2.05) is 22.6 Å². The third kappa shape index (κ3) is 4.12. The highest BCUT2D eigenvalue weighted by molar-refractivity contribution is 6.13. The lowest BCUT2D eigenvalue weighted by Gasteiger charge is -2.08. The van der Waals surface area contributed by atoms with Crippen molar-refractivity contribution >= 4 is 70.8 Å². The molecule has 12 aromatic rings.